The summed E-state index contributed by atoms with van der Waals surface area (Å²) in [6, 6.07) is 16.9. The van der Waals surface area contributed by atoms with Gasteiger partial charge >= 0.3 is 0 Å². The van der Waals surface area contributed by atoms with Gasteiger partial charge in [-0.2, -0.15) is 0 Å². The molecule has 0 saturated heterocycles. The van der Waals surface area contributed by atoms with Crippen LogP contribution >= 0.6 is 0 Å². The van der Waals surface area contributed by atoms with Gasteiger partial charge in [0.2, 0.25) is 0 Å². The first kappa shape index (κ1) is 15.4. The third-order valence-corrected chi connectivity index (χ3v) is 5.68. The molecule has 21 heavy (non-hydrogen) atoms. The zero-order valence-corrected chi connectivity index (χ0v) is 12.9. The van der Waals surface area contributed by atoms with E-state index in [2.05, 4.69) is 0 Å². The molecule has 2 aromatic carbocycles. The van der Waals surface area contributed by atoms with Crippen LogP contribution in [0.5, 0.6) is 0 Å². The van der Waals surface area contributed by atoms with Crippen molar-refractivity contribution in [2.75, 3.05) is 5.75 Å². The fourth-order valence-electron chi connectivity index (χ4n) is 2.11. The Morgan fingerprint density at radius 1 is 0.952 bits per heavy atom. The number of rotatable bonds is 5. The van der Waals surface area contributed by atoms with E-state index in [1.165, 1.54) is 6.92 Å². The molecule has 1 atom stereocenters. The van der Waals surface area contributed by atoms with Crippen LogP contribution in [0.3, 0.4) is 0 Å². The molecule has 0 aliphatic heterocycles. The Hall–Kier alpha value is -1.94. The van der Waals surface area contributed by atoms with E-state index in [0.29, 0.717) is 5.56 Å². The quantitative estimate of drug-likeness (QED) is 0.796. The average molecular weight is 302 g/mol. The Balaban J connectivity index is 2.26. The highest BCUT2D eigenvalue weighted by atomic mass is 32.2. The molecule has 0 spiro atoms. The number of ketones is 1. The van der Waals surface area contributed by atoms with Crippen molar-refractivity contribution in [1.29, 1.82) is 0 Å². The zero-order chi connectivity index (χ0) is 15.5. The summed E-state index contributed by atoms with van der Waals surface area (Å²) in [5.74, 6) is -0.376. The summed E-state index contributed by atoms with van der Waals surface area (Å²) in [7, 11) is -3.36. The van der Waals surface area contributed by atoms with Gasteiger partial charge in [0.25, 0.3) is 0 Å². The molecule has 0 bridgehead atoms. The molecular formula is C17H18O3S. The van der Waals surface area contributed by atoms with Gasteiger partial charge in [-0.05, 0) is 18.1 Å². The minimum atomic E-state index is -3.36. The van der Waals surface area contributed by atoms with Gasteiger partial charge in [0, 0.05) is 11.3 Å². The lowest BCUT2D eigenvalue weighted by Crippen LogP contribution is -2.28. The fraction of sp³-hybridized carbons (Fsp3) is 0.235. The smallest absolute Gasteiger partial charge is 0.180 e. The summed E-state index contributed by atoms with van der Waals surface area (Å²) in [6.07, 6.45) is 0. The van der Waals surface area contributed by atoms with E-state index in [4.69, 9.17) is 0 Å². The highest BCUT2D eigenvalue weighted by Gasteiger charge is 2.26. The van der Waals surface area contributed by atoms with Crippen molar-refractivity contribution in [3.05, 3.63) is 60.2 Å². The molecule has 0 unspecified atom stereocenters. The molecule has 0 heterocycles. The largest absolute Gasteiger partial charge is 0.293 e. The number of carbonyl (C=O) groups is 1. The number of benzene rings is 2. The van der Waals surface area contributed by atoms with E-state index in [9.17, 15) is 13.2 Å². The maximum atomic E-state index is 12.2. The van der Waals surface area contributed by atoms with Gasteiger partial charge in [-0.1, -0.05) is 61.5 Å². The molecule has 0 fully saturated rings. The molecule has 2 aromatic rings. The SMILES string of the molecule is CCS(=O)(=O)[C@@H](C)C(=O)c1ccc(-c2ccccc2)cc1. The van der Waals surface area contributed by atoms with Crippen LogP contribution in [0.25, 0.3) is 11.1 Å². The molecule has 2 rings (SSSR count). The third kappa shape index (κ3) is 3.39. The molecule has 0 amide bonds. The first-order chi connectivity index (χ1) is 9.95. The maximum absolute atomic E-state index is 12.2. The summed E-state index contributed by atoms with van der Waals surface area (Å²) >= 11 is 0. The lowest BCUT2D eigenvalue weighted by Gasteiger charge is -2.11. The molecule has 0 radical (unpaired) electrons. The van der Waals surface area contributed by atoms with Gasteiger partial charge in [-0.25, -0.2) is 8.42 Å². The van der Waals surface area contributed by atoms with Crippen molar-refractivity contribution < 1.29 is 13.2 Å². The lowest BCUT2D eigenvalue weighted by molar-refractivity contribution is 0.0991. The zero-order valence-electron chi connectivity index (χ0n) is 12.1. The summed E-state index contributed by atoms with van der Waals surface area (Å²) < 4.78 is 23.6. The van der Waals surface area contributed by atoms with Crippen molar-refractivity contribution in [3.8, 4) is 11.1 Å². The molecule has 3 nitrogen and oxygen atoms in total. The topological polar surface area (TPSA) is 51.2 Å². The minimum Gasteiger partial charge on any atom is -0.293 e. The van der Waals surface area contributed by atoms with Crippen molar-refractivity contribution >= 4 is 15.6 Å². The van der Waals surface area contributed by atoms with E-state index in [-0.39, 0.29) is 11.5 Å². The van der Waals surface area contributed by atoms with Gasteiger partial charge in [0.15, 0.2) is 15.6 Å². The van der Waals surface area contributed by atoms with E-state index in [1.807, 2.05) is 42.5 Å². The lowest BCUT2D eigenvalue weighted by atomic mass is 10.0. The summed E-state index contributed by atoms with van der Waals surface area (Å²) in [5.41, 5.74) is 2.49. The number of carbonyl (C=O) groups excluding carboxylic acids is 1. The predicted octanol–water partition coefficient (Wildman–Crippen LogP) is 3.36. The van der Waals surface area contributed by atoms with Gasteiger partial charge in [0.1, 0.15) is 5.25 Å². The van der Waals surface area contributed by atoms with Crippen molar-refractivity contribution in [2.24, 2.45) is 0 Å². The number of hydrogen-bond donors (Lipinski definition) is 0. The molecule has 0 N–H and O–H groups in total. The van der Waals surface area contributed by atoms with Crippen LogP contribution in [-0.2, 0) is 9.84 Å². The first-order valence-corrected chi connectivity index (χ1v) is 8.58. The Labute approximate surface area is 125 Å². The standard InChI is InChI=1S/C17H18O3S/c1-3-21(19,20)13(2)17(18)16-11-9-15(10-12-16)14-7-5-4-6-8-14/h4-13H,3H2,1-2H3/t13-/m0/s1. The van der Waals surface area contributed by atoms with Gasteiger partial charge < -0.3 is 0 Å². The van der Waals surface area contributed by atoms with Crippen LogP contribution in [0.4, 0.5) is 0 Å². The average Bonchev–Trinajstić information content (AvgIpc) is 2.54. The van der Waals surface area contributed by atoms with Crippen molar-refractivity contribution in [2.45, 2.75) is 19.1 Å². The molecule has 0 saturated carbocycles. The second kappa shape index (κ2) is 6.22. The van der Waals surface area contributed by atoms with Gasteiger partial charge in [-0.15, -0.1) is 0 Å². The Bertz CT molecular complexity index is 716. The highest BCUT2D eigenvalue weighted by molar-refractivity contribution is 7.92. The number of Topliss-reactive ketones (excluding diaryl/α,β-unsaturated/α-hetero) is 1. The highest BCUT2D eigenvalue weighted by Crippen LogP contribution is 2.20. The van der Waals surface area contributed by atoms with Crippen LogP contribution in [0, 0.1) is 0 Å². The van der Waals surface area contributed by atoms with E-state index in [0.717, 1.165) is 11.1 Å². The van der Waals surface area contributed by atoms with Crippen LogP contribution in [-0.4, -0.2) is 25.2 Å². The van der Waals surface area contributed by atoms with Gasteiger partial charge in [-0.3, -0.25) is 4.79 Å². The van der Waals surface area contributed by atoms with Gasteiger partial charge in [0.05, 0.1) is 0 Å². The monoisotopic (exact) mass is 302 g/mol. The van der Waals surface area contributed by atoms with Crippen LogP contribution in [0.1, 0.15) is 24.2 Å². The third-order valence-electron chi connectivity index (χ3n) is 3.59. The van der Waals surface area contributed by atoms with Crippen LogP contribution in [0.15, 0.2) is 54.6 Å². The van der Waals surface area contributed by atoms with Crippen LogP contribution in [0.2, 0.25) is 0 Å². The first-order valence-electron chi connectivity index (χ1n) is 6.87. The van der Waals surface area contributed by atoms with Crippen molar-refractivity contribution in [1.82, 2.24) is 0 Å². The van der Waals surface area contributed by atoms with E-state index >= 15 is 0 Å². The van der Waals surface area contributed by atoms with E-state index in [1.54, 1.807) is 19.1 Å². The maximum Gasteiger partial charge on any atom is 0.180 e. The molecule has 4 heteroatoms. The number of hydrogen-bond acceptors (Lipinski definition) is 3. The molecule has 110 valence electrons. The normalized spacial score (nSPS) is 12.9. The summed E-state index contributed by atoms with van der Waals surface area (Å²) in [4.78, 5) is 12.2. The summed E-state index contributed by atoms with van der Waals surface area (Å²) in [6.45, 7) is 3.00. The molecule has 0 aromatic heterocycles. The Kier molecular flexibility index (Phi) is 4.58. The molecular weight excluding hydrogens is 284 g/mol. The van der Waals surface area contributed by atoms with Crippen molar-refractivity contribution in [3.63, 3.8) is 0 Å². The fourth-order valence-corrected chi connectivity index (χ4v) is 3.07. The predicted molar refractivity (Wildman–Crippen MR) is 85.1 cm³/mol. The Morgan fingerprint density at radius 3 is 2.00 bits per heavy atom. The minimum absolute atomic E-state index is 0.0258. The molecule has 0 aliphatic carbocycles. The molecule has 0 aliphatic rings. The Morgan fingerprint density at radius 2 is 1.48 bits per heavy atom. The second-order valence-corrected chi connectivity index (χ2v) is 7.51. The number of sulfone groups is 1. The van der Waals surface area contributed by atoms with E-state index < -0.39 is 15.1 Å². The van der Waals surface area contributed by atoms with Crippen LogP contribution < -0.4 is 0 Å². The second-order valence-electron chi connectivity index (χ2n) is 4.90. The summed E-state index contributed by atoms with van der Waals surface area (Å²) in [5, 5.41) is -0.995.